The summed E-state index contributed by atoms with van der Waals surface area (Å²) in [5, 5.41) is 10.7. The van der Waals surface area contributed by atoms with Gasteiger partial charge in [-0.25, -0.2) is 0 Å². The number of para-hydroxylation sites is 1. The maximum absolute atomic E-state index is 6.33. The molecule has 0 bridgehead atoms. The Bertz CT molecular complexity index is 1130. The van der Waals surface area contributed by atoms with E-state index < -0.39 is 0 Å². The standard InChI is InChI=1S/C23H19Cl2N3O2S/c1-29-17-12-10-16(11-13-17)28-22(14-30-18-6-3-2-4-7-18)26-27-23(28)31-15-19-20(24)8-5-9-21(19)25/h2-13H,14-15H2,1H3. The minimum absolute atomic E-state index is 0.274. The van der Waals surface area contributed by atoms with Gasteiger partial charge in [-0.2, -0.15) is 0 Å². The number of rotatable bonds is 8. The van der Waals surface area contributed by atoms with Gasteiger partial charge in [0.25, 0.3) is 0 Å². The van der Waals surface area contributed by atoms with Crippen LogP contribution in [0.25, 0.3) is 5.69 Å². The summed E-state index contributed by atoms with van der Waals surface area (Å²) in [6.07, 6.45) is 0. The number of hydrogen-bond donors (Lipinski definition) is 0. The molecule has 0 unspecified atom stereocenters. The molecule has 0 saturated carbocycles. The van der Waals surface area contributed by atoms with Gasteiger partial charge < -0.3 is 9.47 Å². The average Bonchev–Trinajstić information content (AvgIpc) is 3.21. The smallest absolute Gasteiger partial charge is 0.196 e. The molecule has 3 aromatic carbocycles. The summed E-state index contributed by atoms with van der Waals surface area (Å²) in [5.41, 5.74) is 1.77. The molecule has 5 nitrogen and oxygen atoms in total. The van der Waals surface area contributed by atoms with Gasteiger partial charge >= 0.3 is 0 Å². The van der Waals surface area contributed by atoms with Crippen molar-refractivity contribution >= 4 is 35.0 Å². The maximum atomic E-state index is 6.33. The monoisotopic (exact) mass is 471 g/mol. The molecule has 0 atom stereocenters. The maximum Gasteiger partial charge on any atom is 0.196 e. The predicted molar refractivity (Wildman–Crippen MR) is 125 cm³/mol. The second-order valence-electron chi connectivity index (χ2n) is 6.52. The number of aromatic nitrogens is 3. The Balaban J connectivity index is 1.63. The van der Waals surface area contributed by atoms with Crippen molar-refractivity contribution in [3.63, 3.8) is 0 Å². The highest BCUT2D eigenvalue weighted by Crippen LogP contribution is 2.32. The third-order valence-corrected chi connectivity index (χ3v) is 6.21. The van der Waals surface area contributed by atoms with Gasteiger partial charge in [0.15, 0.2) is 11.0 Å². The largest absolute Gasteiger partial charge is 0.497 e. The van der Waals surface area contributed by atoms with Crippen LogP contribution in [-0.2, 0) is 12.4 Å². The van der Waals surface area contributed by atoms with Crippen LogP contribution in [-0.4, -0.2) is 21.9 Å². The topological polar surface area (TPSA) is 49.2 Å². The first-order valence-corrected chi connectivity index (χ1v) is 11.2. The highest BCUT2D eigenvalue weighted by atomic mass is 35.5. The Morgan fingerprint density at radius 3 is 2.23 bits per heavy atom. The number of ether oxygens (including phenoxy) is 2. The van der Waals surface area contributed by atoms with Crippen LogP contribution in [0.2, 0.25) is 10.0 Å². The molecule has 8 heteroatoms. The minimum atomic E-state index is 0.274. The molecule has 0 spiro atoms. The average molecular weight is 472 g/mol. The lowest BCUT2D eigenvalue weighted by Crippen LogP contribution is -2.06. The van der Waals surface area contributed by atoms with E-state index in [0.29, 0.717) is 26.8 Å². The summed E-state index contributed by atoms with van der Waals surface area (Å²) in [5.74, 6) is 2.79. The number of benzene rings is 3. The molecule has 31 heavy (non-hydrogen) atoms. The Labute approximate surface area is 194 Å². The lowest BCUT2D eigenvalue weighted by molar-refractivity contribution is 0.293. The fraction of sp³-hybridized carbons (Fsp3) is 0.130. The van der Waals surface area contributed by atoms with Crippen LogP contribution in [0.3, 0.4) is 0 Å². The number of methoxy groups -OCH3 is 1. The molecule has 4 aromatic rings. The van der Waals surface area contributed by atoms with Gasteiger partial charge in [-0.3, -0.25) is 4.57 Å². The SMILES string of the molecule is COc1ccc(-n2c(COc3ccccc3)nnc2SCc2c(Cl)cccc2Cl)cc1. The highest BCUT2D eigenvalue weighted by Gasteiger charge is 2.17. The van der Waals surface area contributed by atoms with Crippen molar-refractivity contribution in [3.8, 4) is 17.2 Å². The molecule has 1 heterocycles. The summed E-state index contributed by atoms with van der Waals surface area (Å²) in [6.45, 7) is 0.274. The van der Waals surface area contributed by atoms with Gasteiger partial charge in [0.05, 0.1) is 7.11 Å². The summed E-state index contributed by atoms with van der Waals surface area (Å²) >= 11 is 14.2. The van der Waals surface area contributed by atoms with Gasteiger partial charge in [0, 0.05) is 21.5 Å². The van der Waals surface area contributed by atoms with E-state index in [9.17, 15) is 0 Å². The van der Waals surface area contributed by atoms with Gasteiger partial charge in [-0.1, -0.05) is 59.2 Å². The van der Waals surface area contributed by atoms with E-state index in [0.717, 1.165) is 22.7 Å². The second-order valence-corrected chi connectivity index (χ2v) is 8.28. The molecule has 0 fully saturated rings. The van der Waals surface area contributed by atoms with Crippen LogP contribution in [0.15, 0.2) is 78.0 Å². The number of hydrogen-bond acceptors (Lipinski definition) is 5. The fourth-order valence-corrected chi connectivity index (χ4v) is 4.66. The zero-order valence-corrected chi connectivity index (χ0v) is 19.0. The van der Waals surface area contributed by atoms with Crippen molar-refractivity contribution in [2.45, 2.75) is 17.5 Å². The van der Waals surface area contributed by atoms with Gasteiger partial charge in [0.1, 0.15) is 18.1 Å². The van der Waals surface area contributed by atoms with E-state index in [1.807, 2.05) is 77.4 Å². The first kappa shape index (κ1) is 21.6. The molecular formula is C23H19Cl2N3O2S. The van der Waals surface area contributed by atoms with Crippen LogP contribution in [0, 0.1) is 0 Å². The Morgan fingerprint density at radius 2 is 1.55 bits per heavy atom. The van der Waals surface area contributed by atoms with Crippen LogP contribution in [0.5, 0.6) is 11.5 Å². The lowest BCUT2D eigenvalue weighted by Gasteiger charge is -2.12. The Hall–Kier alpha value is -2.67. The van der Waals surface area contributed by atoms with Crippen molar-refractivity contribution in [3.05, 3.63) is 94.2 Å². The van der Waals surface area contributed by atoms with E-state index in [1.165, 1.54) is 11.8 Å². The van der Waals surface area contributed by atoms with Gasteiger partial charge in [-0.15, -0.1) is 10.2 Å². The van der Waals surface area contributed by atoms with Crippen molar-refractivity contribution in [2.24, 2.45) is 0 Å². The van der Waals surface area contributed by atoms with Crippen LogP contribution in [0.1, 0.15) is 11.4 Å². The van der Waals surface area contributed by atoms with Crippen molar-refractivity contribution in [2.75, 3.05) is 7.11 Å². The normalized spacial score (nSPS) is 10.8. The molecule has 0 aliphatic carbocycles. The molecule has 158 valence electrons. The lowest BCUT2D eigenvalue weighted by atomic mass is 10.2. The Kier molecular flexibility index (Phi) is 7.02. The molecule has 1 aromatic heterocycles. The first-order chi connectivity index (χ1) is 15.2. The van der Waals surface area contributed by atoms with Gasteiger partial charge in [0.2, 0.25) is 0 Å². The molecule has 0 amide bonds. The molecule has 0 aliphatic heterocycles. The van der Waals surface area contributed by atoms with Gasteiger partial charge in [-0.05, 0) is 54.1 Å². The zero-order valence-electron chi connectivity index (χ0n) is 16.7. The van der Waals surface area contributed by atoms with E-state index in [2.05, 4.69) is 10.2 Å². The number of halogens is 2. The predicted octanol–water partition coefficient (Wildman–Crippen LogP) is 6.45. The van der Waals surface area contributed by atoms with E-state index >= 15 is 0 Å². The van der Waals surface area contributed by atoms with Crippen molar-refractivity contribution in [1.29, 1.82) is 0 Å². The minimum Gasteiger partial charge on any atom is -0.497 e. The zero-order chi connectivity index (χ0) is 21.6. The summed E-state index contributed by atoms with van der Waals surface area (Å²) in [6, 6.07) is 22.8. The molecule has 0 saturated heterocycles. The quantitative estimate of drug-likeness (QED) is 0.276. The van der Waals surface area contributed by atoms with Crippen LogP contribution in [0.4, 0.5) is 0 Å². The van der Waals surface area contributed by atoms with E-state index in [1.54, 1.807) is 7.11 Å². The molecule has 0 N–H and O–H groups in total. The molecule has 0 aliphatic rings. The van der Waals surface area contributed by atoms with Crippen molar-refractivity contribution in [1.82, 2.24) is 14.8 Å². The highest BCUT2D eigenvalue weighted by molar-refractivity contribution is 7.98. The van der Waals surface area contributed by atoms with Crippen LogP contribution < -0.4 is 9.47 Å². The third kappa shape index (κ3) is 5.15. The fourth-order valence-electron chi connectivity index (χ4n) is 2.95. The molecular weight excluding hydrogens is 453 g/mol. The summed E-state index contributed by atoms with van der Waals surface area (Å²) < 4.78 is 13.2. The molecule has 4 rings (SSSR count). The number of thioether (sulfide) groups is 1. The second kappa shape index (κ2) is 10.1. The summed E-state index contributed by atoms with van der Waals surface area (Å²) in [4.78, 5) is 0. The number of nitrogens with zero attached hydrogens (tertiary/aromatic N) is 3. The summed E-state index contributed by atoms with van der Waals surface area (Å²) in [7, 11) is 1.64. The third-order valence-electron chi connectivity index (χ3n) is 4.55. The molecule has 0 radical (unpaired) electrons. The Morgan fingerprint density at radius 1 is 0.839 bits per heavy atom. The van der Waals surface area contributed by atoms with Crippen molar-refractivity contribution < 1.29 is 9.47 Å². The van der Waals surface area contributed by atoms with E-state index in [4.69, 9.17) is 32.7 Å². The first-order valence-electron chi connectivity index (χ1n) is 9.48. The van der Waals surface area contributed by atoms with E-state index in [-0.39, 0.29) is 6.61 Å². The van der Waals surface area contributed by atoms with Crippen LogP contribution >= 0.6 is 35.0 Å².